The largest absolute Gasteiger partial charge is 0.380 e. The first kappa shape index (κ1) is 28.9. The summed E-state index contributed by atoms with van der Waals surface area (Å²) < 4.78 is 18.1. The predicted octanol–water partition coefficient (Wildman–Crippen LogP) is 6.23. The van der Waals surface area contributed by atoms with Gasteiger partial charge >= 0.3 is 0 Å². The molecule has 0 fully saturated rings. The summed E-state index contributed by atoms with van der Waals surface area (Å²) >= 11 is 1.67. The van der Waals surface area contributed by atoms with E-state index in [9.17, 15) is 9.18 Å². The second-order valence-corrected chi connectivity index (χ2v) is 7.62. The zero-order valence-corrected chi connectivity index (χ0v) is 21.1. The van der Waals surface area contributed by atoms with Crippen molar-refractivity contribution in [1.29, 1.82) is 0 Å². The summed E-state index contributed by atoms with van der Waals surface area (Å²) in [6.45, 7) is 13.0. The number of carbonyl (C=O) groups is 1. The van der Waals surface area contributed by atoms with Crippen molar-refractivity contribution in [3.63, 3.8) is 0 Å². The van der Waals surface area contributed by atoms with Crippen LogP contribution < -0.4 is 5.32 Å². The van der Waals surface area contributed by atoms with Crippen molar-refractivity contribution in [3.8, 4) is 12.3 Å². The van der Waals surface area contributed by atoms with Crippen LogP contribution in [-0.4, -0.2) is 31.4 Å². The van der Waals surface area contributed by atoms with E-state index in [0.717, 1.165) is 22.5 Å². The summed E-state index contributed by atoms with van der Waals surface area (Å²) in [5.41, 5.74) is 3.88. The molecule has 1 atom stereocenters. The quantitative estimate of drug-likeness (QED) is 0.290. The molecule has 1 unspecified atom stereocenters. The summed E-state index contributed by atoms with van der Waals surface area (Å²) in [5.74, 6) is 1.36. The maximum absolute atomic E-state index is 13.1. The van der Waals surface area contributed by atoms with Gasteiger partial charge in [0.15, 0.2) is 0 Å². The minimum Gasteiger partial charge on any atom is -0.380 e. The molecule has 0 saturated carbocycles. The molecule has 2 aromatic rings. The summed E-state index contributed by atoms with van der Waals surface area (Å²) in [6.07, 6.45) is 6.54. The SMILES string of the molecule is C#CC(C=C)C(=O)NCCOCC.CC.CC1=CSc2ccccc2C(c2ccc(F)cc2)=N1. The fourth-order valence-electron chi connectivity index (χ4n) is 2.76. The number of terminal acetylenes is 1. The highest BCUT2D eigenvalue weighted by Gasteiger charge is 2.14. The summed E-state index contributed by atoms with van der Waals surface area (Å²) in [5, 5.41) is 4.68. The average molecular weight is 481 g/mol. The molecule has 1 amide bonds. The Hall–Kier alpha value is -3.14. The van der Waals surface area contributed by atoms with E-state index >= 15 is 0 Å². The lowest BCUT2D eigenvalue weighted by atomic mass is 10.0. The number of rotatable bonds is 7. The van der Waals surface area contributed by atoms with E-state index in [1.165, 1.54) is 23.1 Å². The van der Waals surface area contributed by atoms with E-state index in [2.05, 4.69) is 34.9 Å². The van der Waals surface area contributed by atoms with Crippen LogP contribution in [0.5, 0.6) is 0 Å². The van der Waals surface area contributed by atoms with Crippen molar-refractivity contribution >= 4 is 23.4 Å². The van der Waals surface area contributed by atoms with Gasteiger partial charge in [-0.05, 0) is 49.6 Å². The zero-order valence-electron chi connectivity index (χ0n) is 20.3. The first-order valence-corrected chi connectivity index (χ1v) is 12.1. The van der Waals surface area contributed by atoms with Crippen molar-refractivity contribution in [2.75, 3.05) is 19.8 Å². The van der Waals surface area contributed by atoms with E-state index in [0.29, 0.717) is 19.8 Å². The highest BCUT2D eigenvalue weighted by molar-refractivity contribution is 8.02. The van der Waals surface area contributed by atoms with Crippen LogP contribution in [0.25, 0.3) is 0 Å². The van der Waals surface area contributed by atoms with Crippen LogP contribution in [-0.2, 0) is 9.53 Å². The number of allylic oxidation sites excluding steroid dienone is 1. The molecule has 180 valence electrons. The first-order chi connectivity index (χ1) is 16.5. The Labute approximate surface area is 207 Å². The number of carbonyl (C=O) groups excluding carboxylic acids is 1. The standard InChI is InChI=1S/C16H12FNS.C10H15NO2.C2H6/c1-11-10-19-15-5-3-2-4-14(15)16(18-11)12-6-8-13(17)9-7-12;1-4-9(5-2)10(12)11-7-8-13-6-3;1-2/h2-10H,1H3;1,5,9H,2,6-8H2,3H3,(H,11,12);1-2H3. The number of fused-ring (bicyclic) bond motifs is 1. The van der Waals surface area contributed by atoms with Crippen LogP contribution in [0.15, 0.2) is 82.2 Å². The first-order valence-electron chi connectivity index (χ1n) is 11.2. The molecule has 0 bridgehead atoms. The molecule has 0 aromatic heterocycles. The highest BCUT2D eigenvalue weighted by Crippen LogP contribution is 2.30. The van der Waals surface area contributed by atoms with Gasteiger partial charge in [-0.2, -0.15) is 0 Å². The molecule has 0 aliphatic carbocycles. The summed E-state index contributed by atoms with van der Waals surface area (Å²) in [6, 6.07) is 14.6. The smallest absolute Gasteiger partial charge is 0.239 e. The van der Waals surface area contributed by atoms with Gasteiger partial charge < -0.3 is 10.1 Å². The Kier molecular flexibility index (Phi) is 14.0. The Bertz CT molecular complexity index is 1020. The van der Waals surface area contributed by atoms with E-state index in [-0.39, 0.29) is 11.7 Å². The average Bonchev–Trinajstić information content (AvgIpc) is 3.04. The van der Waals surface area contributed by atoms with E-state index in [1.807, 2.05) is 45.2 Å². The lowest BCUT2D eigenvalue weighted by Gasteiger charge is -2.09. The normalized spacial score (nSPS) is 12.5. The van der Waals surface area contributed by atoms with Crippen molar-refractivity contribution in [1.82, 2.24) is 5.32 Å². The predicted molar refractivity (Wildman–Crippen MR) is 141 cm³/mol. The third kappa shape index (κ3) is 9.38. The van der Waals surface area contributed by atoms with Crippen molar-refractivity contribution in [3.05, 3.63) is 89.2 Å². The van der Waals surface area contributed by atoms with Gasteiger partial charge in [0.05, 0.1) is 12.3 Å². The van der Waals surface area contributed by atoms with Crippen LogP contribution >= 0.6 is 11.8 Å². The van der Waals surface area contributed by atoms with Crippen molar-refractivity contribution in [2.45, 2.75) is 32.6 Å². The number of hydrogen-bond acceptors (Lipinski definition) is 4. The molecule has 2 aromatic carbocycles. The van der Waals surface area contributed by atoms with Gasteiger partial charge in [0.1, 0.15) is 11.7 Å². The number of halogens is 1. The Balaban J connectivity index is 0.000000340. The van der Waals surface area contributed by atoms with Gasteiger partial charge in [-0.15, -0.1) is 13.0 Å². The van der Waals surface area contributed by atoms with Gasteiger partial charge in [0.2, 0.25) is 5.91 Å². The third-order valence-corrected chi connectivity index (χ3v) is 5.42. The molecule has 34 heavy (non-hydrogen) atoms. The van der Waals surface area contributed by atoms with E-state index < -0.39 is 5.92 Å². The maximum Gasteiger partial charge on any atom is 0.239 e. The lowest BCUT2D eigenvalue weighted by molar-refractivity contribution is -0.122. The molecule has 1 aliphatic heterocycles. The van der Waals surface area contributed by atoms with Gasteiger partial charge in [0.25, 0.3) is 0 Å². The van der Waals surface area contributed by atoms with Gasteiger partial charge in [-0.3, -0.25) is 9.79 Å². The second kappa shape index (κ2) is 16.5. The van der Waals surface area contributed by atoms with Gasteiger partial charge in [0, 0.05) is 34.9 Å². The molecule has 1 N–H and O–H groups in total. The van der Waals surface area contributed by atoms with Gasteiger partial charge in [-0.25, -0.2) is 4.39 Å². The van der Waals surface area contributed by atoms with E-state index in [1.54, 1.807) is 23.9 Å². The maximum atomic E-state index is 13.1. The number of aliphatic imine (C=N–C) groups is 1. The third-order valence-electron chi connectivity index (χ3n) is 4.35. The Morgan fingerprint density at radius 2 is 1.94 bits per heavy atom. The lowest BCUT2D eigenvalue weighted by Crippen LogP contribution is -2.31. The van der Waals surface area contributed by atoms with Crippen LogP contribution in [0.1, 0.15) is 38.8 Å². The number of amides is 1. The molecule has 1 aliphatic rings. The monoisotopic (exact) mass is 480 g/mol. The molecule has 6 heteroatoms. The number of nitrogens with zero attached hydrogens (tertiary/aromatic N) is 1. The molecule has 0 radical (unpaired) electrons. The molecular weight excluding hydrogens is 447 g/mol. The molecule has 1 heterocycles. The fourth-order valence-corrected chi connectivity index (χ4v) is 3.56. The minimum absolute atomic E-state index is 0.197. The van der Waals surface area contributed by atoms with Crippen molar-refractivity contribution < 1.29 is 13.9 Å². The highest BCUT2D eigenvalue weighted by atomic mass is 32.2. The van der Waals surface area contributed by atoms with Crippen LogP contribution in [0.4, 0.5) is 4.39 Å². The number of benzene rings is 2. The summed E-state index contributed by atoms with van der Waals surface area (Å²) in [7, 11) is 0. The van der Waals surface area contributed by atoms with Gasteiger partial charge in [-0.1, -0.05) is 55.8 Å². The number of ether oxygens (including phenoxy) is 1. The van der Waals surface area contributed by atoms with Crippen molar-refractivity contribution in [2.24, 2.45) is 10.9 Å². The molecular formula is C28H33FN2O2S. The Morgan fingerprint density at radius 3 is 2.56 bits per heavy atom. The van der Waals surface area contributed by atoms with Crippen LogP contribution in [0, 0.1) is 24.1 Å². The minimum atomic E-state index is -0.540. The number of nitrogens with one attached hydrogen (secondary N) is 1. The molecule has 4 nitrogen and oxygen atoms in total. The van der Waals surface area contributed by atoms with E-state index in [4.69, 9.17) is 11.2 Å². The zero-order chi connectivity index (χ0) is 25.3. The number of hydrogen-bond donors (Lipinski definition) is 1. The molecule has 0 spiro atoms. The Morgan fingerprint density at radius 1 is 1.26 bits per heavy atom. The number of thioether (sulfide) groups is 1. The topological polar surface area (TPSA) is 50.7 Å². The fraction of sp³-hybridized carbons (Fsp3) is 0.286. The van der Waals surface area contributed by atoms with Crippen LogP contribution in [0.3, 0.4) is 0 Å². The van der Waals surface area contributed by atoms with Crippen LogP contribution in [0.2, 0.25) is 0 Å². The molecule has 3 rings (SSSR count). The second-order valence-electron chi connectivity index (χ2n) is 6.71. The summed E-state index contributed by atoms with van der Waals surface area (Å²) in [4.78, 5) is 17.0. The molecule has 0 saturated heterocycles.